The van der Waals surface area contributed by atoms with E-state index >= 15 is 0 Å². The minimum Gasteiger partial charge on any atom is -0.493 e. The molecule has 0 aromatic heterocycles. The zero-order valence-electron chi connectivity index (χ0n) is 13.9. The summed E-state index contributed by atoms with van der Waals surface area (Å²) in [4.78, 5) is 12.0. The topological polar surface area (TPSA) is 47.6 Å². The highest BCUT2D eigenvalue weighted by atomic mass is 16.5. The van der Waals surface area contributed by atoms with E-state index in [1.165, 1.54) is 11.1 Å². The van der Waals surface area contributed by atoms with Crippen LogP contribution < -0.4 is 14.8 Å². The van der Waals surface area contributed by atoms with Gasteiger partial charge < -0.3 is 14.8 Å². The van der Waals surface area contributed by atoms with Gasteiger partial charge in [-0.05, 0) is 41.3 Å². The first-order valence-corrected chi connectivity index (χ1v) is 7.97. The molecule has 2 aromatic carbocycles. The molecule has 0 heterocycles. The third kappa shape index (κ3) is 3.43. The van der Waals surface area contributed by atoms with Crippen molar-refractivity contribution in [3.63, 3.8) is 0 Å². The fourth-order valence-corrected chi connectivity index (χ4v) is 2.94. The Morgan fingerprint density at radius 2 is 1.88 bits per heavy atom. The van der Waals surface area contributed by atoms with Gasteiger partial charge in [0.1, 0.15) is 0 Å². The lowest BCUT2D eigenvalue weighted by Crippen LogP contribution is -2.32. The van der Waals surface area contributed by atoms with Crippen LogP contribution in [0.3, 0.4) is 0 Å². The molecule has 0 bridgehead atoms. The van der Waals surface area contributed by atoms with Crippen molar-refractivity contribution in [3.05, 3.63) is 65.2 Å². The minimum atomic E-state index is -0.0761. The number of benzene rings is 2. The molecule has 4 heteroatoms. The van der Waals surface area contributed by atoms with Gasteiger partial charge in [0.05, 0.1) is 14.2 Å². The third-order valence-corrected chi connectivity index (χ3v) is 4.30. The van der Waals surface area contributed by atoms with Crippen molar-refractivity contribution < 1.29 is 14.3 Å². The summed E-state index contributed by atoms with van der Waals surface area (Å²) in [5.41, 5.74) is 3.49. The van der Waals surface area contributed by atoms with Crippen molar-refractivity contribution in [2.24, 2.45) is 0 Å². The Morgan fingerprint density at radius 3 is 2.58 bits per heavy atom. The quantitative estimate of drug-likeness (QED) is 0.831. The molecule has 0 aliphatic heterocycles. The van der Waals surface area contributed by atoms with Crippen molar-refractivity contribution in [1.29, 1.82) is 0 Å². The van der Waals surface area contributed by atoms with E-state index in [1.54, 1.807) is 20.3 Å². The second-order valence-electron chi connectivity index (χ2n) is 5.80. The molecule has 2 aromatic rings. The van der Waals surface area contributed by atoms with Gasteiger partial charge in [-0.25, -0.2) is 0 Å². The zero-order chi connectivity index (χ0) is 16.9. The molecule has 1 atom stereocenters. The molecule has 0 saturated heterocycles. The van der Waals surface area contributed by atoms with E-state index in [-0.39, 0.29) is 5.91 Å². The summed E-state index contributed by atoms with van der Waals surface area (Å²) < 4.78 is 10.7. The van der Waals surface area contributed by atoms with Crippen LogP contribution in [0.25, 0.3) is 6.08 Å². The van der Waals surface area contributed by atoms with Gasteiger partial charge in [0.15, 0.2) is 11.5 Å². The molecular formula is C20H21NO3. The molecule has 24 heavy (non-hydrogen) atoms. The van der Waals surface area contributed by atoms with Gasteiger partial charge in [-0.3, -0.25) is 4.79 Å². The monoisotopic (exact) mass is 323 g/mol. The smallest absolute Gasteiger partial charge is 0.244 e. The highest BCUT2D eigenvalue weighted by molar-refractivity contribution is 5.91. The summed E-state index contributed by atoms with van der Waals surface area (Å²) in [7, 11) is 3.27. The number of nitrogens with one attached hydrogen (secondary N) is 1. The van der Waals surface area contributed by atoms with Gasteiger partial charge in [-0.2, -0.15) is 0 Å². The van der Waals surface area contributed by atoms with Gasteiger partial charge in [-0.15, -0.1) is 0 Å². The largest absolute Gasteiger partial charge is 0.493 e. The predicted octanol–water partition coefficient (Wildman–Crippen LogP) is 3.17. The van der Waals surface area contributed by atoms with E-state index in [2.05, 4.69) is 5.32 Å². The van der Waals surface area contributed by atoms with Crippen molar-refractivity contribution in [1.82, 2.24) is 5.32 Å². The molecular weight excluding hydrogens is 302 g/mol. The molecule has 0 spiro atoms. The van der Waals surface area contributed by atoms with Gasteiger partial charge in [0.25, 0.3) is 0 Å². The van der Waals surface area contributed by atoms with Gasteiger partial charge in [-0.1, -0.05) is 30.3 Å². The molecule has 3 rings (SSSR count). The lowest BCUT2D eigenvalue weighted by Gasteiger charge is -2.31. The van der Waals surface area contributed by atoms with E-state index in [9.17, 15) is 4.79 Å². The number of rotatable bonds is 6. The Kier molecular flexibility index (Phi) is 4.85. The lowest BCUT2D eigenvalue weighted by molar-refractivity contribution is -0.116. The molecule has 0 saturated carbocycles. The van der Waals surface area contributed by atoms with E-state index in [0.717, 1.165) is 23.5 Å². The molecule has 0 radical (unpaired) electrons. The summed E-state index contributed by atoms with van der Waals surface area (Å²) in [5, 5.41) is 2.96. The maximum Gasteiger partial charge on any atom is 0.244 e. The van der Waals surface area contributed by atoms with Crippen LogP contribution in [-0.2, 0) is 11.2 Å². The normalized spacial score (nSPS) is 15.5. The Hall–Kier alpha value is -2.75. The van der Waals surface area contributed by atoms with E-state index in [1.807, 2.05) is 48.5 Å². The molecule has 1 aliphatic carbocycles. The van der Waals surface area contributed by atoms with Crippen LogP contribution >= 0.6 is 0 Å². The number of amides is 1. The molecule has 1 amide bonds. The van der Waals surface area contributed by atoms with Crippen LogP contribution in [0.15, 0.2) is 48.5 Å². The maximum atomic E-state index is 12.0. The SMILES string of the molecule is COc1cc2c(cc1OC)[C@H](CNC(=O)/C=C/c1ccccc1)C2. The third-order valence-electron chi connectivity index (χ3n) is 4.30. The van der Waals surface area contributed by atoms with Crippen molar-refractivity contribution in [2.45, 2.75) is 12.3 Å². The standard InChI is InChI=1S/C20H21NO3/c1-23-18-11-15-10-16(17(15)12-19(18)24-2)13-21-20(22)9-8-14-6-4-3-5-7-14/h3-9,11-12,16H,10,13H2,1-2H3,(H,21,22)/b9-8+/t16-/m0/s1. The summed E-state index contributed by atoms with van der Waals surface area (Å²) >= 11 is 0. The highest BCUT2D eigenvalue weighted by Crippen LogP contribution is 2.41. The average Bonchev–Trinajstić information content (AvgIpc) is 2.61. The Morgan fingerprint density at radius 1 is 1.17 bits per heavy atom. The number of hydrogen-bond acceptors (Lipinski definition) is 3. The van der Waals surface area contributed by atoms with Gasteiger partial charge in [0.2, 0.25) is 5.91 Å². The number of methoxy groups -OCH3 is 2. The predicted molar refractivity (Wildman–Crippen MR) is 94.5 cm³/mol. The number of fused-ring (bicyclic) bond motifs is 1. The first-order valence-electron chi connectivity index (χ1n) is 7.97. The lowest BCUT2D eigenvalue weighted by atomic mass is 9.77. The fourth-order valence-electron chi connectivity index (χ4n) is 2.94. The second-order valence-corrected chi connectivity index (χ2v) is 5.80. The van der Waals surface area contributed by atoms with E-state index < -0.39 is 0 Å². The Labute approximate surface area is 142 Å². The van der Waals surface area contributed by atoms with Crippen molar-refractivity contribution >= 4 is 12.0 Å². The molecule has 0 fully saturated rings. The van der Waals surface area contributed by atoms with Crippen molar-refractivity contribution in [2.75, 3.05) is 20.8 Å². The van der Waals surface area contributed by atoms with Crippen LogP contribution in [0.4, 0.5) is 0 Å². The first kappa shape index (κ1) is 16.1. The molecule has 1 aliphatic rings. The zero-order valence-corrected chi connectivity index (χ0v) is 13.9. The Balaban J connectivity index is 1.57. The van der Waals surface area contributed by atoms with Crippen LogP contribution in [0, 0.1) is 0 Å². The summed E-state index contributed by atoms with van der Waals surface area (Å²) in [6.07, 6.45) is 4.33. The van der Waals surface area contributed by atoms with Crippen LogP contribution in [-0.4, -0.2) is 26.7 Å². The summed E-state index contributed by atoms with van der Waals surface area (Å²) in [6, 6.07) is 13.8. The van der Waals surface area contributed by atoms with E-state index in [0.29, 0.717) is 12.5 Å². The first-order chi connectivity index (χ1) is 11.7. The number of carbonyl (C=O) groups excluding carboxylic acids is 1. The molecule has 124 valence electrons. The number of hydrogen-bond donors (Lipinski definition) is 1. The van der Waals surface area contributed by atoms with Gasteiger partial charge >= 0.3 is 0 Å². The average molecular weight is 323 g/mol. The maximum absolute atomic E-state index is 12.0. The Bertz CT molecular complexity index is 753. The van der Waals surface area contributed by atoms with Gasteiger partial charge in [0, 0.05) is 18.5 Å². The molecule has 4 nitrogen and oxygen atoms in total. The van der Waals surface area contributed by atoms with Crippen LogP contribution in [0.1, 0.15) is 22.6 Å². The van der Waals surface area contributed by atoms with E-state index in [4.69, 9.17) is 9.47 Å². The molecule has 0 unspecified atom stereocenters. The number of ether oxygens (including phenoxy) is 2. The molecule has 1 N–H and O–H groups in total. The number of carbonyl (C=O) groups is 1. The summed E-state index contributed by atoms with van der Waals surface area (Å²) in [6.45, 7) is 0.625. The minimum absolute atomic E-state index is 0.0761. The van der Waals surface area contributed by atoms with Crippen molar-refractivity contribution in [3.8, 4) is 11.5 Å². The van der Waals surface area contributed by atoms with Crippen LogP contribution in [0.2, 0.25) is 0 Å². The second kappa shape index (κ2) is 7.21. The fraction of sp³-hybridized carbons (Fsp3) is 0.250. The highest BCUT2D eigenvalue weighted by Gasteiger charge is 2.28. The van der Waals surface area contributed by atoms with Crippen LogP contribution in [0.5, 0.6) is 11.5 Å². The summed E-state index contributed by atoms with van der Waals surface area (Å²) in [5.74, 6) is 1.74.